The Morgan fingerprint density at radius 3 is 2.72 bits per heavy atom. The summed E-state index contributed by atoms with van der Waals surface area (Å²) in [5.74, 6) is 1.70. The number of aryl methyl sites for hydroxylation is 1. The highest BCUT2D eigenvalue weighted by molar-refractivity contribution is 6.42. The quantitative estimate of drug-likeness (QED) is 0.835. The Kier molecular flexibility index (Phi) is 5.86. The van der Waals surface area contributed by atoms with Crippen LogP contribution < -0.4 is 5.32 Å². The molecule has 0 radical (unpaired) electrons. The highest BCUT2D eigenvalue weighted by Gasteiger charge is 2.23. The number of amides is 2. The minimum Gasteiger partial charge on any atom is -0.335 e. The van der Waals surface area contributed by atoms with E-state index in [0.29, 0.717) is 21.7 Å². The Hall–Kier alpha value is -1.72. The molecule has 0 bridgehead atoms. The fourth-order valence-corrected chi connectivity index (χ4v) is 3.49. The van der Waals surface area contributed by atoms with Gasteiger partial charge in [0.1, 0.15) is 5.82 Å². The second-order valence-corrected chi connectivity index (χ2v) is 7.15. The highest BCUT2D eigenvalue weighted by atomic mass is 35.5. The number of carbonyl (C=O) groups excluding carboxylic acids is 1. The van der Waals surface area contributed by atoms with Crippen molar-refractivity contribution in [3.63, 3.8) is 0 Å². The van der Waals surface area contributed by atoms with Crippen LogP contribution in [0, 0.1) is 5.92 Å². The lowest BCUT2D eigenvalue weighted by Gasteiger charge is -2.32. The van der Waals surface area contributed by atoms with E-state index < -0.39 is 0 Å². The third-order valence-corrected chi connectivity index (χ3v) is 5.38. The van der Waals surface area contributed by atoms with E-state index in [1.54, 1.807) is 18.2 Å². The predicted octanol–water partition coefficient (Wildman–Crippen LogP) is 4.70. The van der Waals surface area contributed by atoms with Crippen molar-refractivity contribution >= 4 is 34.9 Å². The zero-order valence-electron chi connectivity index (χ0n) is 14.2. The zero-order chi connectivity index (χ0) is 17.8. The first kappa shape index (κ1) is 18.1. The average molecular weight is 381 g/mol. The van der Waals surface area contributed by atoms with Crippen molar-refractivity contribution in [2.24, 2.45) is 5.92 Å². The minimum absolute atomic E-state index is 0.0892. The van der Waals surface area contributed by atoms with Gasteiger partial charge in [-0.1, -0.05) is 30.1 Å². The Labute approximate surface area is 157 Å². The van der Waals surface area contributed by atoms with E-state index in [-0.39, 0.29) is 6.03 Å². The number of nitrogens with one attached hydrogen (secondary N) is 1. The van der Waals surface area contributed by atoms with Gasteiger partial charge >= 0.3 is 6.03 Å². The smallest absolute Gasteiger partial charge is 0.321 e. The first-order valence-corrected chi connectivity index (χ1v) is 9.33. The van der Waals surface area contributed by atoms with Crippen molar-refractivity contribution < 1.29 is 4.79 Å². The molecule has 1 fully saturated rings. The van der Waals surface area contributed by atoms with Crippen LogP contribution in [0.5, 0.6) is 0 Å². The number of nitrogens with zero attached hydrogens (tertiary/aromatic N) is 3. The third-order valence-electron chi connectivity index (χ3n) is 4.65. The number of hydrogen-bond acceptors (Lipinski definition) is 2. The second-order valence-electron chi connectivity index (χ2n) is 6.34. The zero-order valence-corrected chi connectivity index (χ0v) is 15.7. The Morgan fingerprint density at radius 1 is 1.28 bits per heavy atom. The van der Waals surface area contributed by atoms with Gasteiger partial charge in [-0.15, -0.1) is 0 Å². The normalized spacial score (nSPS) is 15.4. The maximum absolute atomic E-state index is 12.4. The predicted molar refractivity (Wildman–Crippen MR) is 101 cm³/mol. The van der Waals surface area contributed by atoms with Crippen molar-refractivity contribution in [1.82, 2.24) is 14.5 Å². The molecule has 2 amide bonds. The molecule has 0 aliphatic carbocycles. The standard InChI is InChI=1S/C18H22Cl2N4O/c1-2-17-21-7-10-24(17)12-13-5-8-23(9-6-13)18(25)22-14-3-4-15(19)16(20)11-14/h3-4,7,10-11,13H,2,5-6,8-9,12H2,1H3,(H,22,25). The van der Waals surface area contributed by atoms with Crippen LogP contribution in [0.25, 0.3) is 0 Å². The minimum atomic E-state index is -0.0892. The van der Waals surface area contributed by atoms with E-state index in [9.17, 15) is 4.79 Å². The first-order valence-electron chi connectivity index (χ1n) is 8.57. The molecule has 3 rings (SSSR count). The van der Waals surface area contributed by atoms with Gasteiger partial charge in [0.2, 0.25) is 0 Å². The molecule has 1 aromatic heterocycles. The molecular formula is C18H22Cl2N4O. The number of anilines is 1. The van der Waals surface area contributed by atoms with E-state index >= 15 is 0 Å². The lowest BCUT2D eigenvalue weighted by Crippen LogP contribution is -2.41. The SMILES string of the molecule is CCc1nccn1CC1CCN(C(=O)Nc2ccc(Cl)c(Cl)c2)CC1. The topological polar surface area (TPSA) is 50.2 Å². The van der Waals surface area contributed by atoms with Crippen LogP contribution in [0.2, 0.25) is 10.0 Å². The molecule has 0 spiro atoms. The van der Waals surface area contributed by atoms with Gasteiger partial charge in [0.25, 0.3) is 0 Å². The van der Waals surface area contributed by atoms with E-state index in [0.717, 1.165) is 44.7 Å². The van der Waals surface area contributed by atoms with E-state index in [1.807, 2.05) is 17.3 Å². The largest absolute Gasteiger partial charge is 0.335 e. The summed E-state index contributed by atoms with van der Waals surface area (Å²) >= 11 is 11.9. The molecule has 2 aromatic rings. The maximum Gasteiger partial charge on any atom is 0.321 e. The van der Waals surface area contributed by atoms with Crippen LogP contribution in [-0.4, -0.2) is 33.6 Å². The summed E-state index contributed by atoms with van der Waals surface area (Å²) in [6, 6.07) is 5.01. The summed E-state index contributed by atoms with van der Waals surface area (Å²) in [5.41, 5.74) is 0.660. The van der Waals surface area contributed by atoms with Crippen molar-refractivity contribution in [1.29, 1.82) is 0 Å². The van der Waals surface area contributed by atoms with Gasteiger partial charge in [-0.3, -0.25) is 0 Å². The van der Waals surface area contributed by atoms with Crippen molar-refractivity contribution in [2.75, 3.05) is 18.4 Å². The molecule has 2 heterocycles. The molecule has 0 saturated carbocycles. The molecule has 0 atom stereocenters. The Balaban J connectivity index is 1.51. The number of urea groups is 1. The van der Waals surface area contributed by atoms with E-state index in [2.05, 4.69) is 21.8 Å². The molecule has 25 heavy (non-hydrogen) atoms. The molecule has 1 saturated heterocycles. The second kappa shape index (κ2) is 8.11. The molecular weight excluding hydrogens is 359 g/mol. The third kappa shape index (κ3) is 4.47. The van der Waals surface area contributed by atoms with Crippen molar-refractivity contribution in [3.8, 4) is 0 Å². The first-order chi connectivity index (χ1) is 12.1. The summed E-state index contributed by atoms with van der Waals surface area (Å²) in [6.07, 6.45) is 6.84. The summed E-state index contributed by atoms with van der Waals surface area (Å²) in [7, 11) is 0. The number of imidazole rings is 1. The van der Waals surface area contributed by atoms with Crippen LogP contribution in [-0.2, 0) is 13.0 Å². The number of rotatable bonds is 4. The monoisotopic (exact) mass is 380 g/mol. The van der Waals surface area contributed by atoms with Crippen LogP contribution in [0.1, 0.15) is 25.6 Å². The van der Waals surface area contributed by atoms with Gasteiger partial charge in [-0.25, -0.2) is 9.78 Å². The van der Waals surface area contributed by atoms with Gasteiger partial charge in [0, 0.05) is 44.1 Å². The summed E-state index contributed by atoms with van der Waals surface area (Å²) in [6.45, 7) is 4.61. The molecule has 134 valence electrons. The summed E-state index contributed by atoms with van der Waals surface area (Å²) < 4.78 is 2.23. The molecule has 1 aliphatic rings. The number of aromatic nitrogens is 2. The molecule has 5 nitrogen and oxygen atoms in total. The van der Waals surface area contributed by atoms with Crippen LogP contribution in [0.4, 0.5) is 10.5 Å². The highest BCUT2D eigenvalue weighted by Crippen LogP contribution is 2.26. The fourth-order valence-electron chi connectivity index (χ4n) is 3.19. The number of carbonyl (C=O) groups is 1. The number of piperidine rings is 1. The number of likely N-dealkylation sites (tertiary alicyclic amines) is 1. The van der Waals surface area contributed by atoms with Gasteiger partial charge in [-0.2, -0.15) is 0 Å². The fraction of sp³-hybridized carbons (Fsp3) is 0.444. The van der Waals surface area contributed by atoms with Crippen LogP contribution in [0.3, 0.4) is 0 Å². The van der Waals surface area contributed by atoms with Crippen molar-refractivity contribution in [2.45, 2.75) is 32.7 Å². The maximum atomic E-state index is 12.4. The van der Waals surface area contributed by atoms with Gasteiger partial charge in [-0.05, 0) is 37.0 Å². The lowest BCUT2D eigenvalue weighted by molar-refractivity contribution is 0.176. The molecule has 0 unspecified atom stereocenters. The van der Waals surface area contributed by atoms with Gasteiger partial charge in [0.15, 0.2) is 0 Å². The molecule has 1 N–H and O–H groups in total. The van der Waals surface area contributed by atoms with Crippen LogP contribution >= 0.6 is 23.2 Å². The number of halogens is 2. The van der Waals surface area contributed by atoms with Crippen molar-refractivity contribution in [3.05, 3.63) is 46.5 Å². The van der Waals surface area contributed by atoms with E-state index in [4.69, 9.17) is 23.2 Å². The summed E-state index contributed by atoms with van der Waals surface area (Å²) in [5, 5.41) is 3.80. The Morgan fingerprint density at radius 2 is 2.04 bits per heavy atom. The molecule has 1 aromatic carbocycles. The number of hydrogen-bond donors (Lipinski definition) is 1. The number of benzene rings is 1. The van der Waals surface area contributed by atoms with E-state index in [1.165, 1.54) is 0 Å². The van der Waals surface area contributed by atoms with Gasteiger partial charge < -0.3 is 14.8 Å². The lowest BCUT2D eigenvalue weighted by atomic mass is 9.97. The van der Waals surface area contributed by atoms with Crippen LogP contribution in [0.15, 0.2) is 30.6 Å². The summed E-state index contributed by atoms with van der Waals surface area (Å²) in [4.78, 5) is 18.6. The Bertz CT molecular complexity index is 738. The average Bonchev–Trinajstić information content (AvgIpc) is 3.06. The molecule has 1 aliphatic heterocycles. The van der Waals surface area contributed by atoms with Gasteiger partial charge in [0.05, 0.1) is 10.0 Å². The molecule has 7 heteroatoms.